The summed E-state index contributed by atoms with van der Waals surface area (Å²) >= 11 is 1.46. The molecule has 0 bridgehead atoms. The average molecular weight is 429 g/mol. The van der Waals surface area contributed by atoms with Crippen LogP contribution in [0.4, 0.5) is 0 Å². The molecule has 164 valence electrons. The van der Waals surface area contributed by atoms with E-state index in [1.807, 2.05) is 0 Å². The van der Waals surface area contributed by atoms with Gasteiger partial charge in [-0.15, -0.1) is 11.8 Å². The van der Waals surface area contributed by atoms with Crippen molar-refractivity contribution in [1.29, 1.82) is 0 Å². The van der Waals surface area contributed by atoms with E-state index in [4.69, 9.17) is 0 Å². The molecule has 3 N–H and O–H groups in total. The summed E-state index contributed by atoms with van der Waals surface area (Å²) in [5, 5.41) is 7.64. The quantitative estimate of drug-likeness (QED) is 0.259. The molecular formula is C19H32N4O5S. The fourth-order valence-electron chi connectivity index (χ4n) is 2.90. The Hall–Kier alpha value is -1.94. The number of thioether (sulfide) groups is 1. The lowest BCUT2D eigenvalue weighted by molar-refractivity contribution is -0.140. The van der Waals surface area contributed by atoms with Crippen LogP contribution in [-0.2, 0) is 24.0 Å². The van der Waals surface area contributed by atoms with Crippen molar-refractivity contribution in [3.63, 3.8) is 0 Å². The van der Waals surface area contributed by atoms with Crippen LogP contribution in [0.25, 0.3) is 0 Å². The van der Waals surface area contributed by atoms with Crippen molar-refractivity contribution in [2.75, 3.05) is 32.9 Å². The summed E-state index contributed by atoms with van der Waals surface area (Å²) in [6.07, 6.45) is 2.82. The molecule has 1 heterocycles. The summed E-state index contributed by atoms with van der Waals surface area (Å²) < 4.78 is 0. The number of imide groups is 1. The summed E-state index contributed by atoms with van der Waals surface area (Å²) in [5.41, 5.74) is 0. The fraction of sp³-hybridized carbons (Fsp3) is 0.737. The minimum absolute atomic E-state index is 0.00750. The third-order valence-electron chi connectivity index (χ3n) is 4.60. The van der Waals surface area contributed by atoms with E-state index in [0.29, 0.717) is 25.9 Å². The second-order valence-corrected chi connectivity index (χ2v) is 8.42. The first-order valence-corrected chi connectivity index (χ1v) is 10.9. The number of rotatable bonds is 14. The summed E-state index contributed by atoms with van der Waals surface area (Å²) in [7, 11) is 3.33. The van der Waals surface area contributed by atoms with E-state index in [0.717, 1.165) is 18.6 Å². The molecule has 1 rings (SSSR count). The van der Waals surface area contributed by atoms with Crippen LogP contribution in [-0.4, -0.2) is 78.5 Å². The standard InChI is InChI=1S/C19H32N4O5S/c1-13(24)11-14(18(27)21-9-8-20-2)23(3)17(26)7-5-4-6-10-29-15-12-16(25)22-19(15)28/h14-15,20H,4-12H2,1-3H3,(H,21,27)(H,22,25,28). The largest absolute Gasteiger partial charge is 0.353 e. The lowest BCUT2D eigenvalue weighted by Gasteiger charge is -2.27. The molecule has 1 aliphatic heterocycles. The van der Waals surface area contributed by atoms with Crippen LogP contribution in [0.3, 0.4) is 0 Å². The van der Waals surface area contributed by atoms with Crippen LogP contribution in [0.15, 0.2) is 0 Å². The summed E-state index contributed by atoms with van der Waals surface area (Å²) in [4.78, 5) is 60.3. The molecule has 0 saturated carbocycles. The molecule has 0 spiro atoms. The highest BCUT2D eigenvalue weighted by Gasteiger charge is 2.30. The zero-order chi connectivity index (χ0) is 21.8. The molecule has 2 unspecified atom stereocenters. The number of nitrogens with one attached hydrogen (secondary N) is 3. The number of likely N-dealkylation sites (N-methyl/N-ethyl adjacent to an activating group) is 2. The molecular weight excluding hydrogens is 396 g/mol. The fourth-order valence-corrected chi connectivity index (χ4v) is 4.04. The smallest absolute Gasteiger partial charge is 0.243 e. The third kappa shape index (κ3) is 9.40. The van der Waals surface area contributed by atoms with Crippen molar-refractivity contribution in [3.8, 4) is 0 Å². The van der Waals surface area contributed by atoms with Crippen LogP contribution in [0.5, 0.6) is 0 Å². The molecule has 0 aromatic carbocycles. The van der Waals surface area contributed by atoms with Crippen molar-refractivity contribution in [2.24, 2.45) is 0 Å². The van der Waals surface area contributed by atoms with Crippen LogP contribution in [0, 0.1) is 0 Å². The van der Waals surface area contributed by atoms with E-state index in [9.17, 15) is 24.0 Å². The first-order valence-electron chi connectivity index (χ1n) is 9.89. The van der Waals surface area contributed by atoms with E-state index in [1.165, 1.54) is 23.6 Å². The van der Waals surface area contributed by atoms with Gasteiger partial charge in [-0.2, -0.15) is 0 Å². The highest BCUT2D eigenvalue weighted by atomic mass is 32.2. The number of hydrogen-bond acceptors (Lipinski definition) is 7. The molecule has 9 nitrogen and oxygen atoms in total. The molecule has 29 heavy (non-hydrogen) atoms. The Morgan fingerprint density at radius 1 is 1.21 bits per heavy atom. The Kier molecular flexibility index (Phi) is 11.5. The predicted molar refractivity (Wildman–Crippen MR) is 111 cm³/mol. The molecule has 2 atom stereocenters. The molecule has 0 aromatic heterocycles. The molecule has 1 saturated heterocycles. The number of nitrogens with zero attached hydrogens (tertiary/aromatic N) is 1. The zero-order valence-electron chi connectivity index (χ0n) is 17.4. The van der Waals surface area contributed by atoms with Gasteiger partial charge in [-0.25, -0.2) is 0 Å². The number of carbonyl (C=O) groups is 5. The molecule has 4 amide bonds. The van der Waals surface area contributed by atoms with Crippen molar-refractivity contribution >= 4 is 41.2 Å². The van der Waals surface area contributed by atoms with Gasteiger partial charge in [-0.3, -0.25) is 29.3 Å². The minimum Gasteiger partial charge on any atom is -0.353 e. The van der Waals surface area contributed by atoms with Crippen LogP contribution in [0.1, 0.15) is 45.4 Å². The number of carbonyl (C=O) groups excluding carboxylic acids is 5. The number of amides is 4. The van der Waals surface area contributed by atoms with Gasteiger partial charge in [0.15, 0.2) is 0 Å². The Morgan fingerprint density at radius 3 is 2.52 bits per heavy atom. The van der Waals surface area contributed by atoms with Gasteiger partial charge in [-0.05, 0) is 32.6 Å². The van der Waals surface area contributed by atoms with Gasteiger partial charge in [0.05, 0.1) is 5.25 Å². The zero-order valence-corrected chi connectivity index (χ0v) is 18.2. The van der Waals surface area contributed by atoms with Gasteiger partial charge >= 0.3 is 0 Å². The van der Waals surface area contributed by atoms with Gasteiger partial charge in [0.25, 0.3) is 0 Å². The Morgan fingerprint density at radius 2 is 1.93 bits per heavy atom. The van der Waals surface area contributed by atoms with Crippen LogP contribution < -0.4 is 16.0 Å². The Labute approximate surface area is 176 Å². The van der Waals surface area contributed by atoms with Crippen molar-refractivity contribution < 1.29 is 24.0 Å². The Balaban J connectivity index is 2.33. The first-order chi connectivity index (χ1) is 13.8. The summed E-state index contributed by atoms with van der Waals surface area (Å²) in [6.45, 7) is 2.43. The molecule has 0 aliphatic carbocycles. The SMILES string of the molecule is CNCCNC(=O)C(CC(C)=O)N(C)C(=O)CCCCCSC1CC(=O)NC1=O. The van der Waals surface area contributed by atoms with E-state index >= 15 is 0 Å². The van der Waals surface area contributed by atoms with Gasteiger partial charge in [-0.1, -0.05) is 6.42 Å². The second kappa shape index (κ2) is 13.3. The number of unbranched alkanes of at least 4 members (excludes halogenated alkanes) is 2. The predicted octanol–water partition coefficient (Wildman–Crippen LogP) is -0.163. The molecule has 1 aliphatic rings. The van der Waals surface area contributed by atoms with Gasteiger partial charge < -0.3 is 15.5 Å². The van der Waals surface area contributed by atoms with E-state index in [-0.39, 0.29) is 47.5 Å². The summed E-state index contributed by atoms with van der Waals surface area (Å²) in [6, 6.07) is -0.800. The van der Waals surface area contributed by atoms with E-state index < -0.39 is 6.04 Å². The van der Waals surface area contributed by atoms with Crippen LogP contribution in [0.2, 0.25) is 0 Å². The topological polar surface area (TPSA) is 125 Å². The van der Waals surface area contributed by atoms with Crippen molar-refractivity contribution in [3.05, 3.63) is 0 Å². The third-order valence-corrected chi connectivity index (χ3v) is 5.91. The van der Waals surface area contributed by atoms with Crippen LogP contribution >= 0.6 is 11.8 Å². The lowest BCUT2D eigenvalue weighted by atomic mass is 10.1. The monoisotopic (exact) mass is 428 g/mol. The molecule has 1 fully saturated rings. The highest BCUT2D eigenvalue weighted by molar-refractivity contribution is 8.00. The Bertz CT molecular complexity index is 613. The van der Waals surface area contributed by atoms with E-state index in [2.05, 4.69) is 16.0 Å². The molecule has 0 aromatic rings. The maximum absolute atomic E-state index is 12.4. The van der Waals surface area contributed by atoms with Gasteiger partial charge in [0.2, 0.25) is 23.6 Å². The number of hydrogen-bond donors (Lipinski definition) is 3. The number of ketones is 1. The van der Waals surface area contributed by atoms with Crippen molar-refractivity contribution in [2.45, 2.75) is 56.7 Å². The molecule has 0 radical (unpaired) electrons. The second-order valence-electron chi connectivity index (χ2n) is 7.11. The first kappa shape index (κ1) is 25.1. The lowest BCUT2D eigenvalue weighted by Crippen LogP contribution is -2.49. The minimum atomic E-state index is -0.800. The van der Waals surface area contributed by atoms with Gasteiger partial charge in [0, 0.05) is 39.4 Å². The highest BCUT2D eigenvalue weighted by Crippen LogP contribution is 2.21. The summed E-state index contributed by atoms with van der Waals surface area (Å²) in [5.74, 6) is -0.348. The average Bonchev–Trinajstić information content (AvgIpc) is 2.98. The maximum atomic E-state index is 12.4. The maximum Gasteiger partial charge on any atom is 0.243 e. The normalized spacial score (nSPS) is 17.0. The van der Waals surface area contributed by atoms with Gasteiger partial charge in [0.1, 0.15) is 11.8 Å². The molecule has 10 heteroatoms. The van der Waals surface area contributed by atoms with E-state index in [1.54, 1.807) is 14.1 Å². The van der Waals surface area contributed by atoms with Crippen molar-refractivity contribution in [1.82, 2.24) is 20.9 Å². The number of Topliss-reactive ketones (excluding diaryl/α,β-unsaturated/α-hetero) is 1.